The third-order valence-corrected chi connectivity index (χ3v) is 4.97. The minimum absolute atomic E-state index is 0.0913. The minimum Gasteiger partial charge on any atom is -0.324 e. The molecule has 0 bridgehead atoms. The average Bonchev–Trinajstić information content (AvgIpc) is 3.03. The van der Waals surface area contributed by atoms with E-state index in [2.05, 4.69) is 15.5 Å². The van der Waals surface area contributed by atoms with Gasteiger partial charge in [-0.1, -0.05) is 53.7 Å². The summed E-state index contributed by atoms with van der Waals surface area (Å²) in [7, 11) is 1.83. The smallest absolute Gasteiger partial charge is 0.271 e. The fourth-order valence-electron chi connectivity index (χ4n) is 2.31. The van der Waals surface area contributed by atoms with E-state index < -0.39 is 4.92 Å². The van der Waals surface area contributed by atoms with Crippen molar-refractivity contribution in [1.29, 1.82) is 0 Å². The molecule has 0 unspecified atom stereocenters. The maximum absolute atomic E-state index is 12.2. The van der Waals surface area contributed by atoms with E-state index in [1.165, 1.54) is 30.0 Å². The molecule has 0 radical (unpaired) electrons. The molecule has 1 N–H and O–H groups in total. The van der Waals surface area contributed by atoms with Crippen LogP contribution in [0.3, 0.4) is 0 Å². The first-order chi connectivity index (χ1) is 13.0. The number of carbonyl (C=O) groups is 1. The van der Waals surface area contributed by atoms with Crippen molar-refractivity contribution in [3.05, 3.63) is 63.7 Å². The molecule has 0 aliphatic heterocycles. The topological polar surface area (TPSA) is 103 Å². The summed E-state index contributed by atoms with van der Waals surface area (Å²) in [5.74, 6) is 0.491. The summed E-state index contributed by atoms with van der Waals surface area (Å²) >= 11 is 7.21. The Balaban J connectivity index is 1.63. The maximum Gasteiger partial charge on any atom is 0.271 e. The van der Waals surface area contributed by atoms with Gasteiger partial charge in [-0.05, 0) is 6.07 Å². The number of hydrogen-bond acceptors (Lipinski definition) is 6. The van der Waals surface area contributed by atoms with Crippen LogP contribution in [0.2, 0.25) is 5.02 Å². The zero-order valence-corrected chi connectivity index (χ0v) is 15.7. The van der Waals surface area contributed by atoms with E-state index in [0.29, 0.717) is 16.7 Å². The molecule has 10 heteroatoms. The van der Waals surface area contributed by atoms with Gasteiger partial charge >= 0.3 is 0 Å². The van der Waals surface area contributed by atoms with Crippen LogP contribution < -0.4 is 5.32 Å². The molecule has 0 saturated carbocycles. The molecule has 1 aromatic heterocycles. The molecule has 0 saturated heterocycles. The molecule has 0 spiro atoms. The van der Waals surface area contributed by atoms with Gasteiger partial charge in [-0.2, -0.15) is 0 Å². The van der Waals surface area contributed by atoms with E-state index in [0.717, 1.165) is 5.56 Å². The van der Waals surface area contributed by atoms with E-state index in [1.54, 1.807) is 0 Å². The molecule has 0 aliphatic carbocycles. The molecule has 138 valence electrons. The highest BCUT2D eigenvalue weighted by Gasteiger charge is 2.15. The van der Waals surface area contributed by atoms with Crippen LogP contribution in [0.1, 0.15) is 0 Å². The Bertz CT molecular complexity index is 993. The van der Waals surface area contributed by atoms with Crippen molar-refractivity contribution in [1.82, 2.24) is 14.8 Å². The van der Waals surface area contributed by atoms with Crippen LogP contribution in [-0.4, -0.2) is 31.3 Å². The molecule has 27 heavy (non-hydrogen) atoms. The molecule has 0 aliphatic rings. The number of halogens is 1. The van der Waals surface area contributed by atoms with Gasteiger partial charge in [0.2, 0.25) is 5.91 Å². The van der Waals surface area contributed by atoms with Crippen LogP contribution in [0.4, 0.5) is 11.4 Å². The van der Waals surface area contributed by atoms with Crippen molar-refractivity contribution in [3.63, 3.8) is 0 Å². The lowest BCUT2D eigenvalue weighted by molar-refractivity contribution is -0.384. The van der Waals surface area contributed by atoms with Crippen LogP contribution in [0.5, 0.6) is 0 Å². The summed E-state index contributed by atoms with van der Waals surface area (Å²) < 4.78 is 1.81. The Kier molecular flexibility index (Phi) is 5.72. The third-order valence-electron chi connectivity index (χ3n) is 3.64. The van der Waals surface area contributed by atoms with Crippen molar-refractivity contribution in [2.75, 3.05) is 11.1 Å². The van der Waals surface area contributed by atoms with Crippen molar-refractivity contribution in [2.45, 2.75) is 5.16 Å². The predicted molar refractivity (Wildman–Crippen MR) is 104 cm³/mol. The van der Waals surface area contributed by atoms with E-state index in [1.807, 2.05) is 41.9 Å². The summed E-state index contributed by atoms with van der Waals surface area (Å²) in [6, 6.07) is 13.5. The number of anilines is 1. The Morgan fingerprint density at radius 1 is 1.26 bits per heavy atom. The van der Waals surface area contributed by atoms with Gasteiger partial charge in [0.15, 0.2) is 11.0 Å². The molecule has 3 aromatic rings. The lowest BCUT2D eigenvalue weighted by atomic mass is 10.2. The van der Waals surface area contributed by atoms with Crippen molar-refractivity contribution in [2.24, 2.45) is 7.05 Å². The highest BCUT2D eigenvalue weighted by molar-refractivity contribution is 7.99. The number of nitrogens with zero attached hydrogens (tertiary/aromatic N) is 4. The SMILES string of the molecule is Cn1c(SCC(=O)Nc2ccc([N+](=O)[O-])cc2Cl)nnc1-c1ccccc1. The first-order valence-electron chi connectivity index (χ1n) is 7.77. The normalized spacial score (nSPS) is 10.6. The summed E-state index contributed by atoms with van der Waals surface area (Å²) in [5, 5.41) is 22.3. The average molecular weight is 404 g/mol. The number of benzene rings is 2. The fourth-order valence-corrected chi connectivity index (χ4v) is 3.25. The summed E-state index contributed by atoms with van der Waals surface area (Å²) in [5.41, 5.74) is 1.11. The lowest BCUT2D eigenvalue weighted by Gasteiger charge is -2.07. The number of amides is 1. The lowest BCUT2D eigenvalue weighted by Crippen LogP contribution is -2.14. The minimum atomic E-state index is -0.550. The van der Waals surface area contributed by atoms with Gasteiger partial charge in [0.25, 0.3) is 5.69 Å². The van der Waals surface area contributed by atoms with E-state index in [9.17, 15) is 14.9 Å². The van der Waals surface area contributed by atoms with Crippen molar-refractivity contribution < 1.29 is 9.72 Å². The number of non-ortho nitro benzene ring substituents is 1. The first kappa shape index (κ1) is 18.9. The zero-order valence-electron chi connectivity index (χ0n) is 14.1. The van der Waals surface area contributed by atoms with Crippen LogP contribution in [0, 0.1) is 10.1 Å². The second-order valence-electron chi connectivity index (χ2n) is 5.49. The second kappa shape index (κ2) is 8.19. The number of carbonyl (C=O) groups excluding carboxylic acids is 1. The molecule has 2 aromatic carbocycles. The van der Waals surface area contributed by atoms with Gasteiger partial charge in [0.05, 0.1) is 21.4 Å². The number of hydrogen-bond donors (Lipinski definition) is 1. The third kappa shape index (κ3) is 4.44. The Hall–Kier alpha value is -2.91. The first-order valence-corrected chi connectivity index (χ1v) is 9.13. The fraction of sp³-hybridized carbons (Fsp3) is 0.118. The number of thioether (sulfide) groups is 1. The molecular weight excluding hydrogens is 390 g/mol. The number of nitro groups is 1. The Morgan fingerprint density at radius 2 is 2.00 bits per heavy atom. The van der Waals surface area contributed by atoms with Gasteiger partial charge in [-0.25, -0.2) is 0 Å². The second-order valence-corrected chi connectivity index (χ2v) is 6.84. The highest BCUT2D eigenvalue weighted by Crippen LogP contribution is 2.27. The standard InChI is InChI=1S/C17H14ClN5O3S/c1-22-16(11-5-3-2-4-6-11)20-21-17(22)27-10-15(24)19-14-8-7-12(23(25)26)9-13(14)18/h2-9H,10H2,1H3,(H,19,24). The van der Waals surface area contributed by atoms with Gasteiger partial charge in [0.1, 0.15) is 0 Å². The maximum atomic E-state index is 12.2. The predicted octanol–water partition coefficient (Wildman–Crippen LogP) is 3.77. The number of rotatable bonds is 6. The van der Waals surface area contributed by atoms with E-state index >= 15 is 0 Å². The summed E-state index contributed by atoms with van der Waals surface area (Å²) in [6.45, 7) is 0. The quantitative estimate of drug-likeness (QED) is 0.381. The van der Waals surface area contributed by atoms with E-state index in [4.69, 9.17) is 11.6 Å². The van der Waals surface area contributed by atoms with Gasteiger partial charge < -0.3 is 9.88 Å². The Labute approximate surface area is 163 Å². The van der Waals surface area contributed by atoms with Gasteiger partial charge in [-0.3, -0.25) is 14.9 Å². The number of nitro benzene ring substituents is 1. The van der Waals surface area contributed by atoms with Crippen LogP contribution >= 0.6 is 23.4 Å². The summed E-state index contributed by atoms with van der Waals surface area (Å²) in [6.07, 6.45) is 0. The van der Waals surface area contributed by atoms with Crippen LogP contribution in [-0.2, 0) is 11.8 Å². The molecule has 1 heterocycles. The summed E-state index contributed by atoms with van der Waals surface area (Å²) in [4.78, 5) is 22.3. The molecule has 8 nitrogen and oxygen atoms in total. The highest BCUT2D eigenvalue weighted by atomic mass is 35.5. The van der Waals surface area contributed by atoms with Crippen molar-refractivity contribution in [3.8, 4) is 11.4 Å². The molecule has 1 amide bonds. The van der Waals surface area contributed by atoms with Crippen LogP contribution in [0.25, 0.3) is 11.4 Å². The molecule has 0 fully saturated rings. The zero-order chi connectivity index (χ0) is 19.4. The molecular formula is C17H14ClN5O3S. The van der Waals surface area contributed by atoms with Crippen LogP contribution in [0.15, 0.2) is 53.7 Å². The van der Waals surface area contributed by atoms with Gasteiger partial charge in [-0.15, -0.1) is 10.2 Å². The van der Waals surface area contributed by atoms with E-state index in [-0.39, 0.29) is 22.4 Å². The monoisotopic (exact) mass is 403 g/mol. The van der Waals surface area contributed by atoms with Crippen molar-refractivity contribution >= 4 is 40.6 Å². The number of nitrogens with one attached hydrogen (secondary N) is 1. The Morgan fingerprint density at radius 3 is 2.67 bits per heavy atom. The largest absolute Gasteiger partial charge is 0.324 e. The molecule has 3 rings (SSSR count). The number of aromatic nitrogens is 3. The van der Waals surface area contributed by atoms with Gasteiger partial charge in [0, 0.05) is 24.7 Å². The molecule has 0 atom stereocenters.